The topological polar surface area (TPSA) is 101 Å². The Morgan fingerprint density at radius 3 is 2.42 bits per heavy atom. The lowest BCUT2D eigenvalue weighted by atomic mass is 9.60. The van der Waals surface area contributed by atoms with Crippen molar-refractivity contribution in [2.75, 3.05) is 7.11 Å². The normalized spacial score (nSPS) is 29.5. The van der Waals surface area contributed by atoms with Crippen molar-refractivity contribution in [3.05, 3.63) is 71.3 Å². The number of fused-ring (bicyclic) bond motifs is 1. The average molecular weight is 438 g/mol. The second-order valence-corrected chi connectivity index (χ2v) is 8.47. The molecule has 0 saturated carbocycles. The molecule has 2 aromatic rings. The first kappa shape index (κ1) is 21.1. The van der Waals surface area contributed by atoms with Crippen LogP contribution >= 0.6 is 12.2 Å². The maximum absolute atomic E-state index is 13.7. The molecule has 162 valence electrons. The number of esters is 1. The molecule has 2 heterocycles. The van der Waals surface area contributed by atoms with Crippen LogP contribution in [0.25, 0.3) is 0 Å². The molecule has 1 unspecified atom stereocenters. The van der Waals surface area contributed by atoms with Gasteiger partial charge in [0.15, 0.2) is 16.5 Å². The molecule has 5 N–H and O–H groups in total. The number of rotatable bonds is 4. The summed E-state index contributed by atoms with van der Waals surface area (Å²) in [5.41, 5.74) is 6.91. The van der Waals surface area contributed by atoms with E-state index in [0.29, 0.717) is 5.11 Å². The molecule has 0 bridgehead atoms. The summed E-state index contributed by atoms with van der Waals surface area (Å²) in [6.45, 7) is 3.98. The molecule has 0 aromatic heterocycles. The summed E-state index contributed by atoms with van der Waals surface area (Å²) in [4.78, 5) is 18.5. The third kappa shape index (κ3) is 3.22. The fraction of sp³-hybridized carbons (Fsp3) is 0.348. The van der Waals surface area contributed by atoms with Crippen LogP contribution in [0.15, 0.2) is 59.6 Å². The quantitative estimate of drug-likeness (QED) is 0.430. The molecule has 0 amide bonds. The number of aryl methyl sites for hydroxylation is 1. The first-order chi connectivity index (χ1) is 14.9. The van der Waals surface area contributed by atoms with Crippen molar-refractivity contribution in [3.8, 4) is 0 Å². The van der Waals surface area contributed by atoms with E-state index in [4.69, 9.17) is 27.7 Å². The third-order valence-corrected chi connectivity index (χ3v) is 6.58. The van der Waals surface area contributed by atoms with Crippen molar-refractivity contribution in [1.29, 1.82) is 0 Å². The van der Waals surface area contributed by atoms with Crippen LogP contribution < -0.4 is 21.7 Å². The molecule has 0 spiro atoms. The van der Waals surface area contributed by atoms with Crippen molar-refractivity contribution in [3.63, 3.8) is 0 Å². The zero-order valence-electron chi connectivity index (χ0n) is 17.8. The van der Waals surface area contributed by atoms with Crippen molar-refractivity contribution in [2.45, 2.75) is 38.0 Å². The van der Waals surface area contributed by atoms with Gasteiger partial charge in [-0.05, 0) is 42.3 Å². The van der Waals surface area contributed by atoms with Crippen LogP contribution in [0.1, 0.15) is 42.6 Å². The summed E-state index contributed by atoms with van der Waals surface area (Å²) in [5.74, 6) is -0.185. The number of nitrogens with one attached hydrogen (secondary N) is 3. The largest absolute Gasteiger partial charge is 0.468 e. The van der Waals surface area contributed by atoms with Crippen LogP contribution in [0.3, 0.4) is 0 Å². The van der Waals surface area contributed by atoms with Gasteiger partial charge in [0.2, 0.25) is 0 Å². The van der Waals surface area contributed by atoms with Crippen LogP contribution in [-0.4, -0.2) is 29.8 Å². The van der Waals surface area contributed by atoms with Gasteiger partial charge in [0, 0.05) is 0 Å². The van der Waals surface area contributed by atoms with Gasteiger partial charge >= 0.3 is 5.97 Å². The number of aliphatic imine (C=N–C) groups is 1. The number of nitrogens with zero attached hydrogens (tertiary/aromatic N) is 1. The molecule has 1 saturated heterocycles. The Labute approximate surface area is 187 Å². The minimum absolute atomic E-state index is 0.232. The van der Waals surface area contributed by atoms with Crippen LogP contribution in [0, 0.1) is 5.41 Å². The standard InChI is InChI=1S/C23H27N5O2S/c1-4-14-10-12-16(13-11-14)17-23(19(29)30-3)18(15-8-6-5-7-9-15)26-21(31)28-22(23,2)27-20(24)25-17/h5-13,17-18H,4H2,1-3H3,(H3,24,25,27)(H2,26,28,31)/t17?,18-,22-,23-/m1/s1. The molecule has 31 heavy (non-hydrogen) atoms. The van der Waals surface area contributed by atoms with E-state index in [-0.39, 0.29) is 5.96 Å². The lowest BCUT2D eigenvalue weighted by Gasteiger charge is -2.59. The molecule has 1 fully saturated rings. The molecule has 8 heteroatoms. The minimum Gasteiger partial charge on any atom is -0.468 e. The van der Waals surface area contributed by atoms with Crippen molar-refractivity contribution in [2.24, 2.45) is 16.1 Å². The van der Waals surface area contributed by atoms with E-state index in [0.717, 1.165) is 17.5 Å². The van der Waals surface area contributed by atoms with Crippen LogP contribution in [0.4, 0.5) is 0 Å². The zero-order chi connectivity index (χ0) is 22.2. The molecule has 2 aromatic carbocycles. The van der Waals surface area contributed by atoms with Gasteiger partial charge in [-0.25, -0.2) is 4.99 Å². The molecular weight excluding hydrogens is 410 g/mol. The number of carbonyl (C=O) groups is 1. The second kappa shape index (κ2) is 7.85. The molecule has 0 aliphatic carbocycles. The summed E-state index contributed by atoms with van der Waals surface area (Å²) < 4.78 is 5.42. The number of methoxy groups -OCH3 is 1. The van der Waals surface area contributed by atoms with Crippen molar-refractivity contribution in [1.82, 2.24) is 16.0 Å². The van der Waals surface area contributed by atoms with E-state index >= 15 is 0 Å². The number of ether oxygens (including phenoxy) is 1. The van der Waals surface area contributed by atoms with Gasteiger partial charge < -0.3 is 26.4 Å². The van der Waals surface area contributed by atoms with E-state index in [2.05, 4.69) is 35.0 Å². The maximum Gasteiger partial charge on any atom is 0.321 e. The molecule has 2 aliphatic heterocycles. The lowest BCUT2D eigenvalue weighted by molar-refractivity contribution is -0.166. The molecule has 0 radical (unpaired) electrons. The van der Waals surface area contributed by atoms with E-state index < -0.39 is 29.1 Å². The summed E-state index contributed by atoms with van der Waals surface area (Å²) in [6.07, 6.45) is 0.918. The summed E-state index contributed by atoms with van der Waals surface area (Å²) in [6, 6.07) is 16.7. The number of benzene rings is 2. The average Bonchev–Trinajstić information content (AvgIpc) is 2.77. The third-order valence-electron chi connectivity index (χ3n) is 6.36. The van der Waals surface area contributed by atoms with Gasteiger partial charge in [-0.1, -0.05) is 61.5 Å². The Balaban J connectivity index is 2.01. The summed E-state index contributed by atoms with van der Waals surface area (Å²) in [7, 11) is 1.39. The van der Waals surface area contributed by atoms with E-state index in [9.17, 15) is 4.79 Å². The van der Waals surface area contributed by atoms with Gasteiger partial charge in [-0.3, -0.25) is 4.79 Å². The molecule has 2 aliphatic rings. The van der Waals surface area contributed by atoms with Gasteiger partial charge in [0.1, 0.15) is 11.7 Å². The Bertz CT molecular complexity index is 1030. The number of carbonyl (C=O) groups excluding carboxylic acids is 1. The van der Waals surface area contributed by atoms with E-state index in [1.54, 1.807) is 0 Å². The first-order valence-corrected chi connectivity index (χ1v) is 10.7. The molecule has 4 atom stereocenters. The van der Waals surface area contributed by atoms with Gasteiger partial charge in [0.25, 0.3) is 0 Å². The first-order valence-electron chi connectivity index (χ1n) is 10.3. The highest BCUT2D eigenvalue weighted by molar-refractivity contribution is 7.80. The van der Waals surface area contributed by atoms with E-state index in [1.807, 2.05) is 49.4 Å². The van der Waals surface area contributed by atoms with Crippen LogP contribution in [0.2, 0.25) is 0 Å². The van der Waals surface area contributed by atoms with Gasteiger partial charge in [0.05, 0.1) is 13.2 Å². The smallest absolute Gasteiger partial charge is 0.321 e. The predicted octanol–water partition coefficient (Wildman–Crippen LogP) is 2.30. The number of nitrogens with two attached hydrogens (primary N) is 1. The summed E-state index contributed by atoms with van der Waals surface area (Å²) in [5, 5.41) is 10.2. The molecular formula is C23H27N5O2S. The van der Waals surface area contributed by atoms with Crippen LogP contribution in [-0.2, 0) is 16.0 Å². The maximum atomic E-state index is 13.7. The highest BCUT2D eigenvalue weighted by Gasteiger charge is 2.69. The minimum atomic E-state index is -1.23. The monoisotopic (exact) mass is 437 g/mol. The van der Waals surface area contributed by atoms with Crippen molar-refractivity contribution < 1.29 is 9.53 Å². The van der Waals surface area contributed by atoms with Gasteiger partial charge in [-0.15, -0.1) is 0 Å². The molecule has 7 nitrogen and oxygen atoms in total. The fourth-order valence-electron chi connectivity index (χ4n) is 4.86. The van der Waals surface area contributed by atoms with Crippen LogP contribution in [0.5, 0.6) is 0 Å². The Morgan fingerprint density at radius 2 is 1.81 bits per heavy atom. The Morgan fingerprint density at radius 1 is 1.13 bits per heavy atom. The Kier molecular flexibility index (Phi) is 5.35. The lowest BCUT2D eigenvalue weighted by Crippen LogP contribution is -2.81. The predicted molar refractivity (Wildman–Crippen MR) is 124 cm³/mol. The number of guanidine groups is 1. The Hall–Kier alpha value is -3.13. The SMILES string of the molecule is CCc1ccc(C2N=C(N)N[C@]3(C)NC(=S)N[C@H](c4ccccc4)[C@@]23C(=O)OC)cc1. The van der Waals surface area contributed by atoms with E-state index in [1.165, 1.54) is 12.7 Å². The number of hydrogen-bond donors (Lipinski definition) is 4. The number of thiocarbonyl (C=S) groups is 1. The van der Waals surface area contributed by atoms with Gasteiger partial charge in [-0.2, -0.15) is 0 Å². The number of hydrogen-bond acceptors (Lipinski definition) is 6. The molecule has 4 rings (SSSR count). The summed E-state index contributed by atoms with van der Waals surface area (Å²) >= 11 is 5.53. The second-order valence-electron chi connectivity index (χ2n) is 8.06. The highest BCUT2D eigenvalue weighted by atomic mass is 32.1. The highest BCUT2D eigenvalue weighted by Crippen LogP contribution is 2.56. The fourth-order valence-corrected chi connectivity index (χ4v) is 5.18. The van der Waals surface area contributed by atoms with Crippen molar-refractivity contribution >= 4 is 29.3 Å². The zero-order valence-corrected chi connectivity index (χ0v) is 18.6.